The van der Waals surface area contributed by atoms with Crippen molar-refractivity contribution in [1.82, 2.24) is 4.90 Å². The number of methoxy groups -OCH3 is 1. The zero-order valence-electron chi connectivity index (χ0n) is 11.6. The van der Waals surface area contributed by atoms with Gasteiger partial charge in [-0.15, -0.1) is 0 Å². The van der Waals surface area contributed by atoms with Crippen molar-refractivity contribution in [3.05, 3.63) is 22.7 Å². The van der Waals surface area contributed by atoms with Crippen molar-refractivity contribution in [3.63, 3.8) is 0 Å². The van der Waals surface area contributed by atoms with E-state index < -0.39 is 5.97 Å². The molecule has 2 N–H and O–H groups in total. The largest absolute Gasteiger partial charge is 0.497 e. The van der Waals surface area contributed by atoms with Crippen LogP contribution in [0, 0.1) is 5.92 Å². The van der Waals surface area contributed by atoms with E-state index in [-0.39, 0.29) is 11.9 Å². The molecular weight excluding hydrogens is 340 g/mol. The highest BCUT2D eigenvalue weighted by atomic mass is 79.9. The normalized spacial score (nSPS) is 15.6. The second-order valence-electron chi connectivity index (χ2n) is 4.91. The third kappa shape index (κ3) is 4.10. The number of carbonyl (C=O) groups is 2. The van der Waals surface area contributed by atoms with E-state index in [1.54, 1.807) is 30.2 Å². The van der Waals surface area contributed by atoms with Gasteiger partial charge in [-0.3, -0.25) is 4.79 Å². The number of carboxylic acids is 1. The van der Waals surface area contributed by atoms with Gasteiger partial charge in [0.15, 0.2) is 0 Å². The van der Waals surface area contributed by atoms with Crippen LogP contribution in [0.2, 0.25) is 0 Å². The highest BCUT2D eigenvalue weighted by Crippen LogP contribution is 2.25. The molecule has 0 unspecified atom stereocenters. The van der Waals surface area contributed by atoms with Crippen molar-refractivity contribution in [2.75, 3.05) is 25.5 Å². The summed E-state index contributed by atoms with van der Waals surface area (Å²) in [5, 5.41) is 11.7. The smallest absolute Gasteiger partial charge is 0.321 e. The van der Waals surface area contributed by atoms with Crippen molar-refractivity contribution < 1.29 is 19.4 Å². The molecule has 0 spiro atoms. The zero-order valence-corrected chi connectivity index (χ0v) is 13.2. The lowest BCUT2D eigenvalue weighted by atomic mass is 9.97. The third-order valence-electron chi connectivity index (χ3n) is 3.49. The van der Waals surface area contributed by atoms with Crippen molar-refractivity contribution in [2.24, 2.45) is 5.92 Å². The van der Waals surface area contributed by atoms with Crippen LogP contribution in [0.4, 0.5) is 10.5 Å². The van der Waals surface area contributed by atoms with Crippen molar-refractivity contribution >= 4 is 33.6 Å². The number of likely N-dealkylation sites (tertiary alicyclic amines) is 1. The number of amides is 2. The van der Waals surface area contributed by atoms with E-state index in [0.29, 0.717) is 37.4 Å². The maximum absolute atomic E-state index is 12.2. The molecule has 0 aromatic heterocycles. The predicted octanol–water partition coefficient (Wildman–Crippen LogP) is 2.79. The van der Waals surface area contributed by atoms with Gasteiger partial charge in [0.2, 0.25) is 0 Å². The second kappa shape index (κ2) is 6.80. The van der Waals surface area contributed by atoms with Crippen molar-refractivity contribution in [2.45, 2.75) is 12.8 Å². The first kappa shape index (κ1) is 15.6. The molecule has 0 bridgehead atoms. The van der Waals surface area contributed by atoms with Gasteiger partial charge in [-0.2, -0.15) is 0 Å². The van der Waals surface area contributed by atoms with E-state index in [9.17, 15) is 9.59 Å². The lowest BCUT2D eigenvalue weighted by molar-refractivity contribution is -0.143. The van der Waals surface area contributed by atoms with Crippen LogP contribution in [0.25, 0.3) is 0 Å². The number of aliphatic carboxylic acids is 1. The Bertz CT molecular complexity index is 542. The number of halogens is 1. The first-order valence-corrected chi connectivity index (χ1v) is 7.42. The summed E-state index contributed by atoms with van der Waals surface area (Å²) in [4.78, 5) is 24.7. The van der Waals surface area contributed by atoms with Gasteiger partial charge in [0.25, 0.3) is 0 Å². The van der Waals surface area contributed by atoms with E-state index in [1.165, 1.54) is 0 Å². The van der Waals surface area contributed by atoms with Gasteiger partial charge in [-0.05, 0) is 25.0 Å². The minimum atomic E-state index is -0.785. The number of piperidine rings is 1. The average molecular weight is 357 g/mol. The van der Waals surface area contributed by atoms with Crippen LogP contribution in [0.3, 0.4) is 0 Å². The van der Waals surface area contributed by atoms with Gasteiger partial charge in [0.05, 0.1) is 13.0 Å². The monoisotopic (exact) mass is 356 g/mol. The topological polar surface area (TPSA) is 78.9 Å². The van der Waals surface area contributed by atoms with Gasteiger partial charge < -0.3 is 20.1 Å². The number of hydrogen-bond acceptors (Lipinski definition) is 3. The molecule has 1 aromatic rings. The van der Waals surface area contributed by atoms with E-state index in [1.807, 2.05) is 0 Å². The Morgan fingerprint density at radius 1 is 1.33 bits per heavy atom. The van der Waals surface area contributed by atoms with E-state index in [4.69, 9.17) is 9.84 Å². The van der Waals surface area contributed by atoms with Crippen LogP contribution >= 0.6 is 15.9 Å². The molecule has 1 heterocycles. The van der Waals surface area contributed by atoms with E-state index in [0.717, 1.165) is 4.47 Å². The molecule has 0 saturated carbocycles. The van der Waals surface area contributed by atoms with Crippen LogP contribution in [-0.2, 0) is 4.79 Å². The lowest BCUT2D eigenvalue weighted by Gasteiger charge is -2.30. The first-order valence-electron chi connectivity index (χ1n) is 6.63. The number of carboxylic acid groups (broad SMARTS) is 1. The minimum absolute atomic E-state index is 0.223. The zero-order chi connectivity index (χ0) is 15.4. The summed E-state index contributed by atoms with van der Waals surface area (Å²) in [6.45, 7) is 0.905. The van der Waals surface area contributed by atoms with Crippen LogP contribution in [0.1, 0.15) is 12.8 Å². The van der Waals surface area contributed by atoms with Crippen LogP contribution in [-0.4, -0.2) is 42.2 Å². The number of ether oxygens (including phenoxy) is 1. The van der Waals surface area contributed by atoms with Gasteiger partial charge in [-0.25, -0.2) is 4.79 Å². The molecule has 7 heteroatoms. The Labute approximate surface area is 131 Å². The Balaban J connectivity index is 1.96. The number of carbonyl (C=O) groups excluding carboxylic acids is 1. The Morgan fingerprint density at radius 2 is 2.00 bits per heavy atom. The quantitative estimate of drug-likeness (QED) is 0.872. The standard InChI is InChI=1S/C14H17BrN2O4/c1-21-12-7-10(15)6-11(8-12)16-14(20)17-4-2-9(3-5-17)13(18)19/h6-9H,2-5H2,1H3,(H,16,20)(H,18,19). The number of rotatable bonds is 3. The molecule has 0 atom stereocenters. The highest BCUT2D eigenvalue weighted by molar-refractivity contribution is 9.10. The van der Waals surface area contributed by atoms with E-state index >= 15 is 0 Å². The van der Waals surface area contributed by atoms with Crippen molar-refractivity contribution in [3.8, 4) is 5.75 Å². The van der Waals surface area contributed by atoms with Gasteiger partial charge in [0, 0.05) is 29.3 Å². The summed E-state index contributed by atoms with van der Waals surface area (Å²) in [5.74, 6) is -0.490. The molecule has 0 aliphatic carbocycles. The minimum Gasteiger partial charge on any atom is -0.497 e. The second-order valence-corrected chi connectivity index (χ2v) is 5.83. The molecule has 2 amide bonds. The molecule has 6 nitrogen and oxygen atoms in total. The molecule has 21 heavy (non-hydrogen) atoms. The fourth-order valence-corrected chi connectivity index (χ4v) is 2.76. The molecule has 1 aliphatic rings. The Morgan fingerprint density at radius 3 is 2.57 bits per heavy atom. The molecule has 2 rings (SSSR count). The summed E-state index contributed by atoms with van der Waals surface area (Å²) < 4.78 is 5.95. The first-order chi connectivity index (χ1) is 9.99. The molecule has 1 aliphatic heterocycles. The number of urea groups is 1. The molecule has 1 fully saturated rings. The maximum atomic E-state index is 12.2. The van der Waals surface area contributed by atoms with E-state index in [2.05, 4.69) is 21.2 Å². The molecular formula is C14H17BrN2O4. The number of hydrogen-bond donors (Lipinski definition) is 2. The molecule has 114 valence electrons. The summed E-state index contributed by atoms with van der Waals surface area (Å²) >= 11 is 3.35. The Kier molecular flexibility index (Phi) is 5.06. The number of nitrogens with one attached hydrogen (secondary N) is 1. The van der Waals surface area contributed by atoms with Gasteiger partial charge in [0.1, 0.15) is 5.75 Å². The predicted molar refractivity (Wildman–Crippen MR) is 81.6 cm³/mol. The molecule has 1 aromatic carbocycles. The maximum Gasteiger partial charge on any atom is 0.321 e. The fraction of sp³-hybridized carbons (Fsp3) is 0.429. The number of nitrogens with zero attached hydrogens (tertiary/aromatic N) is 1. The van der Waals surface area contributed by atoms with Crippen LogP contribution in [0.5, 0.6) is 5.75 Å². The average Bonchev–Trinajstić information content (AvgIpc) is 2.46. The fourth-order valence-electron chi connectivity index (χ4n) is 2.28. The van der Waals surface area contributed by atoms with Crippen molar-refractivity contribution in [1.29, 1.82) is 0 Å². The molecule has 1 saturated heterocycles. The highest BCUT2D eigenvalue weighted by Gasteiger charge is 2.27. The lowest BCUT2D eigenvalue weighted by Crippen LogP contribution is -2.42. The van der Waals surface area contributed by atoms with Crippen LogP contribution < -0.4 is 10.1 Å². The SMILES string of the molecule is COc1cc(Br)cc(NC(=O)N2CCC(C(=O)O)CC2)c1. The molecule has 0 radical (unpaired) electrons. The summed E-state index contributed by atoms with van der Waals surface area (Å²) in [6, 6.07) is 5.09. The summed E-state index contributed by atoms with van der Waals surface area (Å²) in [7, 11) is 1.56. The third-order valence-corrected chi connectivity index (χ3v) is 3.95. The number of anilines is 1. The summed E-state index contributed by atoms with van der Waals surface area (Å²) in [5.41, 5.74) is 0.631. The van der Waals surface area contributed by atoms with Gasteiger partial charge in [-0.1, -0.05) is 15.9 Å². The number of benzene rings is 1. The summed E-state index contributed by atoms with van der Waals surface area (Å²) in [6.07, 6.45) is 0.981. The van der Waals surface area contributed by atoms with Gasteiger partial charge >= 0.3 is 12.0 Å². The van der Waals surface area contributed by atoms with Crippen LogP contribution in [0.15, 0.2) is 22.7 Å². The Hall–Kier alpha value is -1.76.